The SMILES string of the molecule is CC1C(O)C(c2ccc(N(CCOCC(=O)O)CCn3cc(C[N+](C)(C)CCCS(=O)(=O)O)nn3)cc2)C1O. The van der Waals surface area contributed by atoms with E-state index in [1.54, 1.807) is 4.68 Å². The molecule has 0 radical (unpaired) electrons. The van der Waals surface area contributed by atoms with Crippen LogP contribution in [0.1, 0.15) is 30.5 Å². The molecule has 1 aromatic heterocycles. The zero-order chi connectivity index (χ0) is 28.8. The van der Waals surface area contributed by atoms with Crippen LogP contribution in [-0.2, 0) is 32.7 Å². The molecule has 1 heterocycles. The summed E-state index contributed by atoms with van der Waals surface area (Å²) in [7, 11) is -0.0817. The van der Waals surface area contributed by atoms with Gasteiger partial charge in [0.2, 0.25) is 0 Å². The van der Waals surface area contributed by atoms with Crippen molar-refractivity contribution in [2.24, 2.45) is 5.92 Å². The summed E-state index contributed by atoms with van der Waals surface area (Å²) in [6, 6.07) is 7.60. The summed E-state index contributed by atoms with van der Waals surface area (Å²) < 4.78 is 38.4. The van der Waals surface area contributed by atoms with Gasteiger partial charge in [0, 0.05) is 37.0 Å². The Morgan fingerprint density at radius 3 is 2.44 bits per heavy atom. The molecule has 0 spiro atoms. The molecule has 2 atom stereocenters. The van der Waals surface area contributed by atoms with E-state index in [0.29, 0.717) is 43.6 Å². The Bertz CT molecular complexity index is 1180. The Balaban J connectivity index is 1.61. The lowest BCUT2D eigenvalue weighted by molar-refractivity contribution is -0.903. The fourth-order valence-electron chi connectivity index (χ4n) is 4.85. The number of aliphatic hydroxyl groups excluding tert-OH is 2. The van der Waals surface area contributed by atoms with Crippen LogP contribution in [0.3, 0.4) is 0 Å². The summed E-state index contributed by atoms with van der Waals surface area (Å²) in [4.78, 5) is 12.8. The highest BCUT2D eigenvalue weighted by molar-refractivity contribution is 7.85. The first-order chi connectivity index (χ1) is 18.3. The van der Waals surface area contributed by atoms with E-state index in [4.69, 9.17) is 14.4 Å². The molecule has 218 valence electrons. The minimum Gasteiger partial charge on any atom is -0.480 e. The van der Waals surface area contributed by atoms with Crippen LogP contribution in [0.4, 0.5) is 5.69 Å². The highest BCUT2D eigenvalue weighted by Crippen LogP contribution is 2.42. The Hall–Kier alpha value is -2.62. The minimum absolute atomic E-state index is 0.161. The van der Waals surface area contributed by atoms with Gasteiger partial charge in [-0.1, -0.05) is 24.3 Å². The molecule has 0 amide bonds. The molecule has 1 aliphatic rings. The van der Waals surface area contributed by atoms with Crippen molar-refractivity contribution in [2.45, 2.75) is 44.6 Å². The second kappa shape index (κ2) is 13.2. The van der Waals surface area contributed by atoms with Gasteiger partial charge in [-0.25, -0.2) is 4.79 Å². The lowest BCUT2D eigenvalue weighted by atomic mass is 9.67. The quantitative estimate of drug-likeness (QED) is 0.123. The zero-order valence-corrected chi connectivity index (χ0v) is 23.4. The summed E-state index contributed by atoms with van der Waals surface area (Å²) in [5.41, 5.74) is 2.49. The van der Waals surface area contributed by atoms with E-state index >= 15 is 0 Å². The zero-order valence-electron chi connectivity index (χ0n) is 22.6. The van der Waals surface area contributed by atoms with E-state index < -0.39 is 28.3 Å². The minimum atomic E-state index is -3.99. The van der Waals surface area contributed by atoms with Crippen molar-refractivity contribution in [3.05, 3.63) is 41.7 Å². The maximum Gasteiger partial charge on any atom is 0.329 e. The number of carbonyl (C=O) groups is 1. The number of carboxylic acids is 1. The van der Waals surface area contributed by atoms with Gasteiger partial charge in [-0.05, 0) is 17.7 Å². The number of anilines is 1. The molecule has 0 aliphatic heterocycles. The van der Waals surface area contributed by atoms with Gasteiger partial charge in [0.05, 0.1) is 57.9 Å². The number of rotatable bonds is 16. The first-order valence-corrected chi connectivity index (χ1v) is 14.5. The molecule has 13 nitrogen and oxygen atoms in total. The predicted molar refractivity (Wildman–Crippen MR) is 143 cm³/mol. The van der Waals surface area contributed by atoms with E-state index in [0.717, 1.165) is 16.9 Å². The number of nitrogens with zero attached hydrogens (tertiary/aromatic N) is 5. The van der Waals surface area contributed by atoms with Crippen molar-refractivity contribution in [3.8, 4) is 0 Å². The maximum absolute atomic E-state index is 11.0. The molecule has 1 aliphatic carbocycles. The van der Waals surface area contributed by atoms with Crippen molar-refractivity contribution in [2.75, 3.05) is 57.6 Å². The highest BCUT2D eigenvalue weighted by atomic mass is 32.2. The van der Waals surface area contributed by atoms with E-state index in [9.17, 15) is 23.4 Å². The normalized spacial score (nSPS) is 21.5. The van der Waals surface area contributed by atoms with Crippen LogP contribution in [0, 0.1) is 5.92 Å². The summed E-state index contributed by atoms with van der Waals surface area (Å²) in [5.74, 6) is -1.79. The van der Waals surface area contributed by atoms with Crippen LogP contribution < -0.4 is 4.90 Å². The Morgan fingerprint density at radius 1 is 1.15 bits per heavy atom. The van der Waals surface area contributed by atoms with Crippen LogP contribution in [0.5, 0.6) is 0 Å². The fraction of sp³-hybridized carbons (Fsp3) is 0.640. The highest BCUT2D eigenvalue weighted by Gasteiger charge is 2.46. The average Bonchev–Trinajstić information content (AvgIpc) is 3.29. The standard InChI is InChI=1S/C25H39N5O8S/c1-18-24(33)23(25(18)34)19-5-7-21(8-6-19)28(11-13-38-17-22(31)32)9-10-29-15-20(26-27-29)16-30(2,3)12-4-14-39(35,36)37/h5-8,15,18,23-25,33-34H,4,9-14,16-17H2,1-3H3,(H-,31,32,35,36,37)/p+1. The van der Waals surface area contributed by atoms with Crippen molar-refractivity contribution >= 4 is 21.8 Å². The van der Waals surface area contributed by atoms with E-state index in [1.807, 2.05) is 56.4 Å². The molecule has 4 N–H and O–H groups in total. The van der Waals surface area contributed by atoms with Crippen LogP contribution in [0.15, 0.2) is 30.5 Å². The molecular weight excluding hydrogens is 530 g/mol. The van der Waals surface area contributed by atoms with E-state index in [1.165, 1.54) is 0 Å². The first kappa shape index (κ1) is 30.9. The summed E-state index contributed by atoms with van der Waals surface area (Å²) in [6.45, 7) is 4.21. The Kier molecular flexibility index (Phi) is 10.4. The van der Waals surface area contributed by atoms with Gasteiger partial charge in [-0.15, -0.1) is 5.10 Å². The average molecular weight is 571 g/mol. The predicted octanol–water partition coefficient (Wildman–Crippen LogP) is 0.195. The summed E-state index contributed by atoms with van der Waals surface area (Å²) >= 11 is 0. The number of aliphatic carboxylic acids is 1. The van der Waals surface area contributed by atoms with Gasteiger partial charge >= 0.3 is 5.97 Å². The van der Waals surface area contributed by atoms with Gasteiger partial charge in [0.1, 0.15) is 18.8 Å². The van der Waals surface area contributed by atoms with Crippen LogP contribution >= 0.6 is 0 Å². The van der Waals surface area contributed by atoms with Crippen molar-refractivity contribution in [3.63, 3.8) is 0 Å². The van der Waals surface area contributed by atoms with Gasteiger partial charge in [-0.3, -0.25) is 9.23 Å². The number of ether oxygens (including phenoxy) is 1. The number of benzene rings is 1. The lowest BCUT2D eigenvalue weighted by Crippen LogP contribution is -2.51. The molecule has 1 fully saturated rings. The molecule has 0 saturated heterocycles. The maximum atomic E-state index is 11.0. The second-order valence-corrected chi connectivity index (χ2v) is 12.4. The number of carboxylic acid groups (broad SMARTS) is 1. The van der Waals surface area contributed by atoms with Gasteiger partial charge in [0.25, 0.3) is 10.1 Å². The number of aliphatic hydroxyl groups is 2. The number of aromatic nitrogens is 3. The third kappa shape index (κ3) is 9.22. The van der Waals surface area contributed by atoms with E-state index in [2.05, 4.69) is 10.3 Å². The second-order valence-electron chi connectivity index (χ2n) is 10.8. The fourth-order valence-corrected chi connectivity index (χ4v) is 5.35. The topological polar surface area (TPSA) is 175 Å². The molecule has 1 aromatic carbocycles. The summed E-state index contributed by atoms with van der Waals surface area (Å²) in [5, 5.41) is 37.8. The smallest absolute Gasteiger partial charge is 0.329 e. The molecule has 2 aromatic rings. The van der Waals surface area contributed by atoms with Gasteiger partial charge in [0.15, 0.2) is 0 Å². The number of hydrogen-bond donors (Lipinski definition) is 4. The molecule has 0 bridgehead atoms. The Labute approximate surface area is 228 Å². The Morgan fingerprint density at radius 2 is 1.82 bits per heavy atom. The van der Waals surface area contributed by atoms with Gasteiger partial charge in [-0.2, -0.15) is 8.42 Å². The molecular formula is C25H40N5O8S+. The molecule has 39 heavy (non-hydrogen) atoms. The van der Waals surface area contributed by atoms with Crippen molar-refractivity contribution in [1.29, 1.82) is 0 Å². The van der Waals surface area contributed by atoms with Crippen molar-refractivity contribution < 1.29 is 42.3 Å². The van der Waals surface area contributed by atoms with Crippen molar-refractivity contribution in [1.82, 2.24) is 15.0 Å². The monoisotopic (exact) mass is 570 g/mol. The molecule has 3 rings (SSSR count). The molecule has 14 heteroatoms. The number of hydrogen-bond acceptors (Lipinski definition) is 9. The van der Waals surface area contributed by atoms with Crippen LogP contribution in [0.2, 0.25) is 0 Å². The largest absolute Gasteiger partial charge is 0.480 e. The van der Waals surface area contributed by atoms with E-state index in [-0.39, 0.29) is 30.8 Å². The third-order valence-electron chi connectivity index (χ3n) is 7.13. The molecule has 1 saturated carbocycles. The molecule has 2 unspecified atom stereocenters. The van der Waals surface area contributed by atoms with Gasteiger partial charge < -0.3 is 29.4 Å². The first-order valence-electron chi connectivity index (χ1n) is 12.9. The summed E-state index contributed by atoms with van der Waals surface area (Å²) in [6.07, 6.45) is 0.999. The van der Waals surface area contributed by atoms with Crippen LogP contribution in [-0.4, -0.2) is 119 Å². The lowest BCUT2D eigenvalue weighted by Gasteiger charge is -2.45. The number of quaternary nitrogens is 1. The van der Waals surface area contributed by atoms with Crippen LogP contribution in [0.25, 0.3) is 0 Å². The third-order valence-corrected chi connectivity index (χ3v) is 7.93.